The number of carbonyl (C=O) groups is 3. The molecule has 1 aromatic rings. The highest BCUT2D eigenvalue weighted by Gasteiger charge is 2.36. The predicted molar refractivity (Wildman–Crippen MR) is 93.5 cm³/mol. The third-order valence-corrected chi connectivity index (χ3v) is 4.91. The number of anilines is 1. The minimum atomic E-state index is -0.862. The summed E-state index contributed by atoms with van der Waals surface area (Å²) in [6, 6.07) is 4.98. The Bertz CT molecular complexity index is 662. The molecule has 0 heterocycles. The van der Waals surface area contributed by atoms with Gasteiger partial charge in [0.1, 0.15) is 0 Å². The van der Waals surface area contributed by atoms with Crippen molar-refractivity contribution in [2.75, 3.05) is 12.4 Å². The second kappa shape index (κ2) is 8.14. The molecule has 0 spiro atoms. The van der Waals surface area contributed by atoms with Crippen molar-refractivity contribution in [3.8, 4) is 0 Å². The molecule has 1 fully saturated rings. The number of nitrogens with one attached hydrogen (secondary N) is 1. The molecule has 1 aromatic carbocycles. The molecule has 2 N–H and O–H groups in total. The van der Waals surface area contributed by atoms with Gasteiger partial charge in [-0.3, -0.25) is 9.59 Å². The van der Waals surface area contributed by atoms with Gasteiger partial charge >= 0.3 is 11.9 Å². The normalized spacial score (nSPS) is 16.1. The van der Waals surface area contributed by atoms with Crippen LogP contribution in [0, 0.1) is 12.3 Å². The van der Waals surface area contributed by atoms with Gasteiger partial charge in [-0.1, -0.05) is 25.3 Å². The van der Waals surface area contributed by atoms with Crippen molar-refractivity contribution in [1.29, 1.82) is 0 Å². The van der Waals surface area contributed by atoms with Crippen LogP contribution in [0.15, 0.2) is 18.2 Å². The van der Waals surface area contributed by atoms with Crippen molar-refractivity contribution >= 4 is 23.5 Å². The summed E-state index contributed by atoms with van der Waals surface area (Å²) >= 11 is 0. The van der Waals surface area contributed by atoms with Gasteiger partial charge in [0.15, 0.2) is 0 Å². The summed E-state index contributed by atoms with van der Waals surface area (Å²) in [4.78, 5) is 35.4. The fourth-order valence-electron chi connectivity index (χ4n) is 3.58. The maximum absolute atomic E-state index is 12.6. The first-order valence-electron chi connectivity index (χ1n) is 8.56. The summed E-state index contributed by atoms with van der Waals surface area (Å²) in [6.45, 7) is 1.84. The van der Waals surface area contributed by atoms with E-state index >= 15 is 0 Å². The quantitative estimate of drug-likeness (QED) is 0.768. The minimum Gasteiger partial charge on any atom is -0.481 e. The van der Waals surface area contributed by atoms with Crippen molar-refractivity contribution in [2.24, 2.45) is 5.41 Å². The zero-order valence-electron chi connectivity index (χ0n) is 14.8. The third kappa shape index (κ3) is 5.05. The standard InChI is InChI=1S/C19H25NO5/c1-13-6-7-14(18(24)25-2)10-15(13)20-16(21)11-19(12-17(22)23)8-4-3-5-9-19/h6-7,10H,3-5,8-9,11-12H2,1-2H3,(H,20,21)(H,22,23). The average Bonchev–Trinajstić information content (AvgIpc) is 2.56. The maximum atomic E-state index is 12.6. The van der Waals surface area contributed by atoms with Gasteiger partial charge in [0, 0.05) is 12.1 Å². The Labute approximate surface area is 147 Å². The van der Waals surface area contributed by atoms with Gasteiger partial charge in [-0.25, -0.2) is 4.79 Å². The van der Waals surface area contributed by atoms with Crippen LogP contribution in [-0.4, -0.2) is 30.1 Å². The molecular weight excluding hydrogens is 322 g/mol. The van der Waals surface area contributed by atoms with Crippen LogP contribution in [0.5, 0.6) is 0 Å². The number of benzene rings is 1. The smallest absolute Gasteiger partial charge is 0.337 e. The third-order valence-electron chi connectivity index (χ3n) is 4.91. The lowest BCUT2D eigenvalue weighted by Crippen LogP contribution is -2.32. The number of ether oxygens (including phenoxy) is 1. The number of amides is 1. The van der Waals surface area contributed by atoms with E-state index < -0.39 is 17.4 Å². The molecule has 0 saturated heterocycles. The molecule has 1 aliphatic carbocycles. The SMILES string of the molecule is COC(=O)c1ccc(C)c(NC(=O)CC2(CC(=O)O)CCCCC2)c1. The van der Waals surface area contributed by atoms with Crippen molar-refractivity contribution in [1.82, 2.24) is 0 Å². The van der Waals surface area contributed by atoms with Crippen LogP contribution in [0.4, 0.5) is 5.69 Å². The number of carbonyl (C=O) groups excluding carboxylic acids is 2. The van der Waals surface area contributed by atoms with E-state index in [-0.39, 0.29) is 18.7 Å². The lowest BCUT2D eigenvalue weighted by atomic mass is 9.69. The predicted octanol–water partition coefficient (Wildman–Crippen LogP) is 3.54. The monoisotopic (exact) mass is 347 g/mol. The second-order valence-electron chi connectivity index (χ2n) is 6.88. The first kappa shape index (κ1) is 19.0. The maximum Gasteiger partial charge on any atom is 0.337 e. The summed E-state index contributed by atoms with van der Waals surface area (Å²) in [5.41, 5.74) is 1.27. The largest absolute Gasteiger partial charge is 0.481 e. The molecular formula is C19H25NO5. The Morgan fingerprint density at radius 2 is 1.84 bits per heavy atom. The molecule has 136 valence electrons. The van der Waals surface area contributed by atoms with Gasteiger partial charge in [0.05, 0.1) is 19.1 Å². The van der Waals surface area contributed by atoms with Gasteiger partial charge in [-0.05, 0) is 42.9 Å². The van der Waals surface area contributed by atoms with E-state index in [0.717, 1.165) is 37.7 Å². The van der Waals surface area contributed by atoms with E-state index in [1.165, 1.54) is 7.11 Å². The van der Waals surface area contributed by atoms with Gasteiger partial charge in [-0.15, -0.1) is 0 Å². The van der Waals surface area contributed by atoms with Crippen molar-refractivity contribution < 1.29 is 24.2 Å². The first-order valence-corrected chi connectivity index (χ1v) is 8.56. The van der Waals surface area contributed by atoms with Gasteiger partial charge in [0.25, 0.3) is 0 Å². The molecule has 0 atom stereocenters. The van der Waals surface area contributed by atoms with Gasteiger partial charge in [0.2, 0.25) is 5.91 Å². The fraction of sp³-hybridized carbons (Fsp3) is 0.526. The minimum absolute atomic E-state index is 0.0155. The summed E-state index contributed by atoms with van der Waals surface area (Å²) in [5, 5.41) is 12.1. The van der Waals surface area contributed by atoms with Crippen molar-refractivity contribution in [3.63, 3.8) is 0 Å². The van der Waals surface area contributed by atoms with E-state index in [4.69, 9.17) is 4.74 Å². The molecule has 1 amide bonds. The Hall–Kier alpha value is -2.37. The molecule has 1 saturated carbocycles. The number of carboxylic acids is 1. The van der Waals surface area contributed by atoms with Crippen LogP contribution in [0.25, 0.3) is 0 Å². The van der Waals surface area contributed by atoms with Crippen molar-refractivity contribution in [3.05, 3.63) is 29.3 Å². The van der Waals surface area contributed by atoms with Crippen LogP contribution in [0.2, 0.25) is 0 Å². The Morgan fingerprint density at radius 1 is 1.16 bits per heavy atom. The highest BCUT2D eigenvalue weighted by atomic mass is 16.5. The fourth-order valence-corrected chi connectivity index (χ4v) is 3.58. The number of methoxy groups -OCH3 is 1. The summed E-state index contributed by atoms with van der Waals surface area (Å²) < 4.78 is 4.70. The van der Waals surface area contributed by atoms with Gasteiger partial charge < -0.3 is 15.2 Å². The number of carboxylic acid groups (broad SMARTS) is 1. The Morgan fingerprint density at radius 3 is 2.44 bits per heavy atom. The molecule has 25 heavy (non-hydrogen) atoms. The van der Waals surface area contributed by atoms with Crippen LogP contribution in [0.3, 0.4) is 0 Å². The number of hydrogen-bond donors (Lipinski definition) is 2. The number of aryl methyl sites for hydroxylation is 1. The number of aliphatic carboxylic acids is 1. The molecule has 6 nitrogen and oxygen atoms in total. The summed E-state index contributed by atoms with van der Waals surface area (Å²) in [6.07, 6.45) is 4.71. The zero-order valence-corrected chi connectivity index (χ0v) is 14.8. The number of hydrogen-bond acceptors (Lipinski definition) is 4. The molecule has 0 aromatic heterocycles. The zero-order chi connectivity index (χ0) is 18.4. The second-order valence-corrected chi connectivity index (χ2v) is 6.88. The van der Waals surface area contributed by atoms with E-state index in [9.17, 15) is 19.5 Å². The summed E-state index contributed by atoms with van der Waals surface area (Å²) in [7, 11) is 1.30. The molecule has 0 unspecified atom stereocenters. The van der Waals surface area contributed by atoms with E-state index in [0.29, 0.717) is 11.3 Å². The Kier molecular flexibility index (Phi) is 6.17. The number of esters is 1. The number of rotatable bonds is 6. The lowest BCUT2D eigenvalue weighted by molar-refractivity contribution is -0.140. The molecule has 6 heteroatoms. The molecule has 0 bridgehead atoms. The first-order chi connectivity index (χ1) is 11.8. The lowest BCUT2D eigenvalue weighted by Gasteiger charge is -2.35. The Balaban J connectivity index is 2.12. The molecule has 0 radical (unpaired) electrons. The highest BCUT2D eigenvalue weighted by Crippen LogP contribution is 2.42. The van der Waals surface area contributed by atoms with Gasteiger partial charge in [-0.2, -0.15) is 0 Å². The summed E-state index contributed by atoms with van der Waals surface area (Å²) in [5.74, 6) is -1.54. The average molecular weight is 347 g/mol. The van der Waals surface area contributed by atoms with Crippen LogP contribution >= 0.6 is 0 Å². The molecule has 1 aliphatic rings. The van der Waals surface area contributed by atoms with E-state index in [1.807, 2.05) is 6.92 Å². The topological polar surface area (TPSA) is 92.7 Å². The van der Waals surface area contributed by atoms with Crippen molar-refractivity contribution in [2.45, 2.75) is 51.9 Å². The van der Waals surface area contributed by atoms with Crippen LogP contribution in [-0.2, 0) is 14.3 Å². The molecule has 2 rings (SSSR count). The van der Waals surface area contributed by atoms with E-state index in [1.54, 1.807) is 18.2 Å². The van der Waals surface area contributed by atoms with E-state index in [2.05, 4.69) is 5.32 Å². The van der Waals surface area contributed by atoms with Crippen LogP contribution in [0.1, 0.15) is 60.9 Å². The van der Waals surface area contributed by atoms with Crippen LogP contribution < -0.4 is 5.32 Å². The molecule has 0 aliphatic heterocycles. The highest BCUT2D eigenvalue weighted by molar-refractivity contribution is 5.95.